The summed E-state index contributed by atoms with van der Waals surface area (Å²) in [7, 11) is -4.17. The lowest BCUT2D eigenvalue weighted by atomic mass is 10.4. The van der Waals surface area contributed by atoms with E-state index in [0.29, 0.717) is 0 Å². The zero-order valence-corrected chi connectivity index (χ0v) is 8.42. The number of nitrogens with two attached hydrogens (primary N) is 1. The van der Waals surface area contributed by atoms with E-state index in [9.17, 15) is 0 Å². The number of benzene rings is 1. The predicted molar refractivity (Wildman–Crippen MR) is 49.9 cm³/mol. The Kier molecular flexibility index (Phi) is 5.07. The third-order valence-electron chi connectivity index (χ3n) is 0.733. The average Bonchev–Trinajstić information content (AvgIpc) is 1.85. The largest absolute Gasteiger partial charge is 0.330 e. The summed E-state index contributed by atoms with van der Waals surface area (Å²) >= 11 is 3.31. The van der Waals surface area contributed by atoms with Gasteiger partial charge in [-0.3, -0.25) is 4.55 Å². The third-order valence-corrected chi connectivity index (χ3v) is 1.26. The van der Waals surface area contributed by atoms with E-state index in [1.165, 1.54) is 0 Å². The van der Waals surface area contributed by atoms with Gasteiger partial charge in [0.1, 0.15) is 0 Å². The molecule has 0 aliphatic carbocycles. The SMILES string of the molecule is Brc1ccccc1.NS(=O)(=O)O. The molecule has 0 saturated heterocycles. The van der Waals surface area contributed by atoms with Crippen molar-refractivity contribution < 1.29 is 13.0 Å². The maximum absolute atomic E-state index is 8.97. The monoisotopic (exact) mass is 253 g/mol. The van der Waals surface area contributed by atoms with Crippen LogP contribution in [0.5, 0.6) is 0 Å². The van der Waals surface area contributed by atoms with E-state index < -0.39 is 10.3 Å². The summed E-state index contributed by atoms with van der Waals surface area (Å²) in [5, 5.41) is 3.88. The molecular formula is C6H8BrNO3S. The molecule has 1 aromatic rings. The zero-order chi connectivity index (χ0) is 9.61. The van der Waals surface area contributed by atoms with Crippen LogP contribution in [0.3, 0.4) is 0 Å². The minimum atomic E-state index is -4.17. The van der Waals surface area contributed by atoms with Crippen molar-refractivity contribution in [3.63, 3.8) is 0 Å². The van der Waals surface area contributed by atoms with E-state index in [2.05, 4.69) is 21.1 Å². The summed E-state index contributed by atoms with van der Waals surface area (Å²) in [6.45, 7) is 0. The van der Waals surface area contributed by atoms with Gasteiger partial charge in [-0.05, 0) is 12.1 Å². The molecule has 0 aromatic heterocycles. The van der Waals surface area contributed by atoms with Crippen LogP contribution in [0.15, 0.2) is 34.8 Å². The molecule has 0 radical (unpaired) electrons. The van der Waals surface area contributed by atoms with Crippen molar-refractivity contribution in [2.24, 2.45) is 5.14 Å². The first-order chi connectivity index (χ1) is 5.39. The van der Waals surface area contributed by atoms with E-state index in [0.717, 1.165) is 4.47 Å². The lowest BCUT2D eigenvalue weighted by Gasteiger charge is -1.80. The Labute approximate surface area is 79.4 Å². The van der Waals surface area contributed by atoms with E-state index in [4.69, 9.17) is 13.0 Å². The van der Waals surface area contributed by atoms with Crippen LogP contribution >= 0.6 is 15.9 Å². The number of rotatable bonds is 0. The van der Waals surface area contributed by atoms with Crippen molar-refractivity contribution in [1.29, 1.82) is 0 Å². The second-order valence-corrected chi connectivity index (χ2v) is 3.76. The Morgan fingerprint density at radius 3 is 1.75 bits per heavy atom. The summed E-state index contributed by atoms with van der Waals surface area (Å²) in [6.07, 6.45) is 0. The van der Waals surface area contributed by atoms with Crippen molar-refractivity contribution in [1.82, 2.24) is 0 Å². The highest BCUT2D eigenvalue weighted by molar-refractivity contribution is 9.10. The molecule has 0 aliphatic rings. The molecule has 1 rings (SSSR count). The van der Waals surface area contributed by atoms with Crippen LogP contribution in [0.25, 0.3) is 0 Å². The second-order valence-electron chi connectivity index (χ2n) is 1.81. The number of halogens is 1. The van der Waals surface area contributed by atoms with Crippen molar-refractivity contribution in [2.45, 2.75) is 0 Å². The van der Waals surface area contributed by atoms with Gasteiger partial charge < -0.3 is 0 Å². The normalized spacial score (nSPS) is 9.92. The molecule has 68 valence electrons. The fourth-order valence-electron chi connectivity index (χ4n) is 0.415. The van der Waals surface area contributed by atoms with Gasteiger partial charge in [0, 0.05) is 4.47 Å². The van der Waals surface area contributed by atoms with Crippen molar-refractivity contribution in [2.75, 3.05) is 0 Å². The van der Waals surface area contributed by atoms with Crippen LogP contribution in [0.2, 0.25) is 0 Å². The molecule has 4 nitrogen and oxygen atoms in total. The lowest BCUT2D eigenvalue weighted by molar-refractivity contribution is 0.485. The summed E-state index contributed by atoms with van der Waals surface area (Å²) in [5.41, 5.74) is 0. The fraction of sp³-hybridized carbons (Fsp3) is 0. The highest BCUT2D eigenvalue weighted by atomic mass is 79.9. The molecule has 0 bridgehead atoms. The average molecular weight is 254 g/mol. The van der Waals surface area contributed by atoms with Gasteiger partial charge in [0.2, 0.25) is 0 Å². The Hall–Kier alpha value is -0.430. The first kappa shape index (κ1) is 11.6. The number of hydrogen-bond acceptors (Lipinski definition) is 2. The third kappa shape index (κ3) is 12.3. The standard InChI is InChI=1S/C6H5Br.H3NO3S/c7-6-4-2-1-3-5-6;1-5(2,3)4/h1-5H;(H3,1,2,3,4). The van der Waals surface area contributed by atoms with Gasteiger partial charge in [-0.25, -0.2) is 5.14 Å². The first-order valence-electron chi connectivity index (χ1n) is 2.85. The minimum absolute atomic E-state index is 1.13. The Balaban J connectivity index is 0.000000217. The molecule has 12 heavy (non-hydrogen) atoms. The van der Waals surface area contributed by atoms with Gasteiger partial charge in [-0.2, -0.15) is 8.42 Å². The summed E-state index contributed by atoms with van der Waals surface area (Å²) in [4.78, 5) is 0. The van der Waals surface area contributed by atoms with Crippen LogP contribution < -0.4 is 5.14 Å². The Morgan fingerprint density at radius 1 is 1.25 bits per heavy atom. The molecule has 0 heterocycles. The molecule has 0 unspecified atom stereocenters. The first-order valence-corrected chi connectivity index (χ1v) is 5.15. The van der Waals surface area contributed by atoms with Crippen LogP contribution in [-0.2, 0) is 10.3 Å². The fourth-order valence-corrected chi connectivity index (χ4v) is 0.720. The van der Waals surface area contributed by atoms with Crippen LogP contribution in [0, 0.1) is 0 Å². The molecule has 0 spiro atoms. The summed E-state index contributed by atoms with van der Waals surface area (Å²) < 4.78 is 26.3. The second kappa shape index (κ2) is 5.26. The summed E-state index contributed by atoms with van der Waals surface area (Å²) in [5.74, 6) is 0. The lowest BCUT2D eigenvalue weighted by Crippen LogP contribution is -2.08. The molecule has 0 amide bonds. The van der Waals surface area contributed by atoms with Gasteiger partial charge in [0.05, 0.1) is 0 Å². The Bertz CT molecular complexity index is 303. The van der Waals surface area contributed by atoms with Gasteiger partial charge in [-0.1, -0.05) is 34.1 Å². The molecule has 1 aromatic carbocycles. The molecule has 6 heteroatoms. The molecular weight excluding hydrogens is 246 g/mol. The van der Waals surface area contributed by atoms with Crippen molar-refractivity contribution >= 4 is 26.2 Å². The highest BCUT2D eigenvalue weighted by Gasteiger charge is 1.81. The zero-order valence-electron chi connectivity index (χ0n) is 6.01. The summed E-state index contributed by atoms with van der Waals surface area (Å²) in [6, 6.07) is 9.97. The maximum Gasteiger partial charge on any atom is 0.330 e. The van der Waals surface area contributed by atoms with Crippen LogP contribution in [0.1, 0.15) is 0 Å². The van der Waals surface area contributed by atoms with E-state index in [1.807, 2.05) is 30.3 Å². The predicted octanol–water partition coefficient (Wildman–Crippen LogP) is 1.20. The van der Waals surface area contributed by atoms with Crippen molar-refractivity contribution in [3.05, 3.63) is 34.8 Å². The van der Waals surface area contributed by atoms with Gasteiger partial charge in [0.25, 0.3) is 0 Å². The van der Waals surface area contributed by atoms with Crippen LogP contribution in [0.4, 0.5) is 0 Å². The van der Waals surface area contributed by atoms with E-state index in [-0.39, 0.29) is 0 Å². The molecule has 0 atom stereocenters. The Morgan fingerprint density at radius 2 is 1.58 bits per heavy atom. The van der Waals surface area contributed by atoms with Gasteiger partial charge >= 0.3 is 10.3 Å². The van der Waals surface area contributed by atoms with Crippen molar-refractivity contribution in [3.8, 4) is 0 Å². The maximum atomic E-state index is 8.97. The topological polar surface area (TPSA) is 80.4 Å². The van der Waals surface area contributed by atoms with E-state index >= 15 is 0 Å². The minimum Gasteiger partial charge on any atom is -0.274 e. The highest BCUT2D eigenvalue weighted by Crippen LogP contribution is 2.05. The van der Waals surface area contributed by atoms with Crippen LogP contribution in [-0.4, -0.2) is 13.0 Å². The molecule has 0 aliphatic heterocycles. The smallest absolute Gasteiger partial charge is 0.274 e. The van der Waals surface area contributed by atoms with Gasteiger partial charge in [-0.15, -0.1) is 0 Å². The molecule has 3 N–H and O–H groups in total. The molecule has 0 fully saturated rings. The number of hydrogen-bond donors (Lipinski definition) is 2. The van der Waals surface area contributed by atoms with Gasteiger partial charge in [0.15, 0.2) is 0 Å². The van der Waals surface area contributed by atoms with E-state index in [1.54, 1.807) is 0 Å². The quantitative estimate of drug-likeness (QED) is 0.682. The molecule has 0 saturated carbocycles.